The average molecular weight is 284 g/mol. The minimum Gasteiger partial charge on any atom is -0.396 e. The van der Waals surface area contributed by atoms with Crippen LogP contribution in [0.25, 0.3) is 0 Å². The Bertz CT molecular complexity index is 271. The predicted octanol–water partition coefficient (Wildman–Crippen LogP) is 2.07. The molecule has 0 aromatic carbocycles. The van der Waals surface area contributed by atoms with Gasteiger partial charge in [-0.1, -0.05) is 32.6 Å². The molecule has 1 amide bonds. The highest BCUT2D eigenvalue weighted by Gasteiger charge is 2.25. The van der Waals surface area contributed by atoms with Gasteiger partial charge in [-0.15, -0.1) is 0 Å². The molecule has 1 saturated carbocycles. The first-order chi connectivity index (χ1) is 9.69. The van der Waals surface area contributed by atoms with Gasteiger partial charge in [0.25, 0.3) is 0 Å². The van der Waals surface area contributed by atoms with E-state index in [1.165, 1.54) is 32.1 Å². The van der Waals surface area contributed by atoms with Crippen LogP contribution < -0.4 is 10.6 Å². The molecule has 4 heteroatoms. The van der Waals surface area contributed by atoms with Crippen molar-refractivity contribution < 1.29 is 9.90 Å². The fourth-order valence-electron chi connectivity index (χ4n) is 2.95. The largest absolute Gasteiger partial charge is 0.396 e. The summed E-state index contributed by atoms with van der Waals surface area (Å²) < 4.78 is 0. The van der Waals surface area contributed by atoms with E-state index in [4.69, 9.17) is 0 Å². The lowest BCUT2D eigenvalue weighted by atomic mass is 9.79. The standard InChI is InChI=1S/C16H32N2O2/c1-3-4-7-10-17-16(20)13(2)18-11-14-8-5-6-9-15(14)12-19/h13-15,18-19H,3-12H2,1-2H3,(H,17,20). The molecule has 0 bridgehead atoms. The van der Waals surface area contributed by atoms with E-state index in [1.807, 2.05) is 6.92 Å². The average Bonchev–Trinajstić information content (AvgIpc) is 2.49. The Kier molecular flexibility index (Phi) is 8.86. The van der Waals surface area contributed by atoms with E-state index >= 15 is 0 Å². The SMILES string of the molecule is CCCCCNC(=O)C(C)NCC1CCCCC1CO. The normalized spacial score (nSPS) is 24.4. The van der Waals surface area contributed by atoms with E-state index in [0.717, 1.165) is 25.9 Å². The Hall–Kier alpha value is -0.610. The van der Waals surface area contributed by atoms with Gasteiger partial charge >= 0.3 is 0 Å². The highest BCUT2D eigenvalue weighted by atomic mass is 16.3. The lowest BCUT2D eigenvalue weighted by molar-refractivity contribution is -0.122. The van der Waals surface area contributed by atoms with E-state index in [2.05, 4.69) is 17.6 Å². The summed E-state index contributed by atoms with van der Waals surface area (Å²) >= 11 is 0. The van der Waals surface area contributed by atoms with Gasteiger partial charge < -0.3 is 15.7 Å². The van der Waals surface area contributed by atoms with Gasteiger partial charge in [0, 0.05) is 13.2 Å². The maximum absolute atomic E-state index is 11.9. The second-order valence-electron chi connectivity index (χ2n) is 6.12. The minimum atomic E-state index is -0.141. The molecule has 20 heavy (non-hydrogen) atoms. The summed E-state index contributed by atoms with van der Waals surface area (Å²) in [4.78, 5) is 11.9. The van der Waals surface area contributed by atoms with E-state index in [1.54, 1.807) is 0 Å². The molecule has 0 aromatic rings. The smallest absolute Gasteiger partial charge is 0.236 e. The number of amides is 1. The van der Waals surface area contributed by atoms with Crippen molar-refractivity contribution in [3.63, 3.8) is 0 Å². The number of aliphatic hydroxyl groups is 1. The number of carbonyl (C=O) groups excluding carboxylic acids is 1. The maximum Gasteiger partial charge on any atom is 0.236 e. The Morgan fingerprint density at radius 3 is 2.60 bits per heavy atom. The van der Waals surface area contributed by atoms with Gasteiger partial charge in [0.1, 0.15) is 0 Å². The number of unbranched alkanes of at least 4 members (excludes halogenated alkanes) is 2. The van der Waals surface area contributed by atoms with Gasteiger partial charge in [-0.3, -0.25) is 4.79 Å². The molecule has 3 atom stereocenters. The molecule has 118 valence electrons. The molecular weight excluding hydrogens is 252 g/mol. The lowest BCUT2D eigenvalue weighted by Gasteiger charge is -2.31. The van der Waals surface area contributed by atoms with Crippen LogP contribution in [0.15, 0.2) is 0 Å². The Morgan fingerprint density at radius 1 is 1.25 bits per heavy atom. The fourth-order valence-corrected chi connectivity index (χ4v) is 2.95. The molecule has 1 fully saturated rings. The molecule has 0 aliphatic heterocycles. The van der Waals surface area contributed by atoms with Crippen molar-refractivity contribution >= 4 is 5.91 Å². The number of hydrogen-bond donors (Lipinski definition) is 3. The zero-order chi connectivity index (χ0) is 14.8. The zero-order valence-corrected chi connectivity index (χ0v) is 13.2. The molecule has 3 unspecified atom stereocenters. The molecule has 0 spiro atoms. The third kappa shape index (κ3) is 6.23. The number of aliphatic hydroxyl groups excluding tert-OH is 1. The first-order valence-corrected chi connectivity index (χ1v) is 8.31. The second kappa shape index (κ2) is 10.2. The predicted molar refractivity (Wildman–Crippen MR) is 82.5 cm³/mol. The third-order valence-corrected chi connectivity index (χ3v) is 4.46. The molecule has 3 N–H and O–H groups in total. The zero-order valence-electron chi connectivity index (χ0n) is 13.2. The van der Waals surface area contributed by atoms with Gasteiger partial charge in [-0.05, 0) is 44.6 Å². The minimum absolute atomic E-state index is 0.0949. The summed E-state index contributed by atoms with van der Waals surface area (Å²) in [5, 5.41) is 15.7. The van der Waals surface area contributed by atoms with Crippen molar-refractivity contribution in [1.29, 1.82) is 0 Å². The van der Waals surface area contributed by atoms with Gasteiger partial charge in [-0.25, -0.2) is 0 Å². The van der Waals surface area contributed by atoms with Crippen LogP contribution in [-0.2, 0) is 4.79 Å². The summed E-state index contributed by atoms with van der Waals surface area (Å²) in [6.45, 7) is 5.99. The number of rotatable bonds is 9. The highest BCUT2D eigenvalue weighted by Crippen LogP contribution is 2.29. The van der Waals surface area contributed by atoms with Crippen LogP contribution >= 0.6 is 0 Å². The van der Waals surface area contributed by atoms with E-state index in [-0.39, 0.29) is 18.6 Å². The van der Waals surface area contributed by atoms with Crippen LogP contribution in [0, 0.1) is 11.8 Å². The number of carbonyl (C=O) groups is 1. The second-order valence-corrected chi connectivity index (χ2v) is 6.12. The topological polar surface area (TPSA) is 61.4 Å². The highest BCUT2D eigenvalue weighted by molar-refractivity contribution is 5.81. The van der Waals surface area contributed by atoms with Crippen molar-refractivity contribution in [2.24, 2.45) is 11.8 Å². The van der Waals surface area contributed by atoms with Crippen molar-refractivity contribution in [2.45, 2.75) is 64.8 Å². The number of nitrogens with one attached hydrogen (secondary N) is 2. The molecule has 1 aliphatic rings. The monoisotopic (exact) mass is 284 g/mol. The van der Waals surface area contributed by atoms with Crippen LogP contribution in [0.2, 0.25) is 0 Å². The molecule has 0 radical (unpaired) electrons. The van der Waals surface area contributed by atoms with E-state index in [9.17, 15) is 9.90 Å². The van der Waals surface area contributed by atoms with Gasteiger partial charge in [0.05, 0.1) is 6.04 Å². The van der Waals surface area contributed by atoms with Crippen molar-refractivity contribution in [3.8, 4) is 0 Å². The molecule has 0 heterocycles. The summed E-state index contributed by atoms with van der Waals surface area (Å²) in [6.07, 6.45) is 8.18. The summed E-state index contributed by atoms with van der Waals surface area (Å²) in [5.41, 5.74) is 0. The summed E-state index contributed by atoms with van der Waals surface area (Å²) in [5.74, 6) is 1.03. The van der Waals surface area contributed by atoms with Crippen molar-refractivity contribution in [2.75, 3.05) is 19.7 Å². The Morgan fingerprint density at radius 2 is 1.95 bits per heavy atom. The lowest BCUT2D eigenvalue weighted by Crippen LogP contribution is -2.45. The van der Waals surface area contributed by atoms with E-state index < -0.39 is 0 Å². The van der Waals surface area contributed by atoms with Gasteiger partial charge in [0.2, 0.25) is 5.91 Å². The Labute approximate surface area is 123 Å². The summed E-state index contributed by atoms with van der Waals surface area (Å²) in [7, 11) is 0. The first kappa shape index (κ1) is 17.4. The van der Waals surface area contributed by atoms with Crippen molar-refractivity contribution in [3.05, 3.63) is 0 Å². The van der Waals surface area contributed by atoms with Crippen LogP contribution in [0.5, 0.6) is 0 Å². The van der Waals surface area contributed by atoms with Gasteiger partial charge in [0.15, 0.2) is 0 Å². The Balaban J connectivity index is 2.20. The number of hydrogen-bond acceptors (Lipinski definition) is 3. The first-order valence-electron chi connectivity index (χ1n) is 8.31. The summed E-state index contributed by atoms with van der Waals surface area (Å²) in [6, 6.07) is -0.141. The molecule has 1 rings (SSSR count). The quantitative estimate of drug-likeness (QED) is 0.568. The van der Waals surface area contributed by atoms with Crippen molar-refractivity contribution in [1.82, 2.24) is 10.6 Å². The van der Waals surface area contributed by atoms with Crippen LogP contribution in [0.1, 0.15) is 58.8 Å². The third-order valence-electron chi connectivity index (χ3n) is 4.46. The maximum atomic E-state index is 11.9. The van der Waals surface area contributed by atoms with Crippen LogP contribution in [0.3, 0.4) is 0 Å². The fraction of sp³-hybridized carbons (Fsp3) is 0.938. The molecule has 0 saturated heterocycles. The molecule has 1 aliphatic carbocycles. The van der Waals surface area contributed by atoms with Gasteiger partial charge in [-0.2, -0.15) is 0 Å². The molecule has 0 aromatic heterocycles. The molecule has 4 nitrogen and oxygen atoms in total. The van der Waals surface area contributed by atoms with Crippen LogP contribution in [0.4, 0.5) is 0 Å². The molecular formula is C16H32N2O2. The van der Waals surface area contributed by atoms with Crippen LogP contribution in [-0.4, -0.2) is 36.8 Å². The van der Waals surface area contributed by atoms with E-state index in [0.29, 0.717) is 11.8 Å².